The van der Waals surface area contributed by atoms with Crippen LogP contribution in [0.25, 0.3) is 5.03 Å². The van der Waals surface area contributed by atoms with Gasteiger partial charge in [-0.2, -0.15) is 0 Å². The quantitative estimate of drug-likeness (QED) is 0.853. The molecule has 1 unspecified atom stereocenters. The van der Waals surface area contributed by atoms with Gasteiger partial charge in [-0.25, -0.2) is 0 Å². The highest BCUT2D eigenvalue weighted by Crippen LogP contribution is 2.45. The molecule has 4 heteroatoms. The summed E-state index contributed by atoms with van der Waals surface area (Å²) in [5, 5.41) is 0.448. The molecule has 1 saturated heterocycles. The number of hydrogen-bond donors (Lipinski definition) is 1. The number of halogens is 1. The third-order valence-corrected chi connectivity index (χ3v) is 5.32. The first-order chi connectivity index (χ1) is 10.6. The van der Waals surface area contributed by atoms with Crippen LogP contribution in [-0.4, -0.2) is 17.6 Å². The Bertz CT molecular complexity index is 576. The molecule has 118 valence electrons. The Labute approximate surface area is 136 Å². The Hall–Kier alpha value is -1.32. The first kappa shape index (κ1) is 15.6. The van der Waals surface area contributed by atoms with Gasteiger partial charge in [0.25, 0.3) is 0 Å². The molecular formula is C18H22ClNO2. The van der Waals surface area contributed by atoms with E-state index < -0.39 is 5.91 Å². The minimum Gasteiger partial charge on any atom is -0.371 e. The molecular weight excluding hydrogens is 298 g/mol. The highest BCUT2D eigenvalue weighted by Gasteiger charge is 2.42. The fourth-order valence-electron chi connectivity index (χ4n) is 3.71. The van der Waals surface area contributed by atoms with Gasteiger partial charge in [0, 0.05) is 12.0 Å². The Balaban J connectivity index is 1.77. The molecule has 2 fully saturated rings. The van der Waals surface area contributed by atoms with Gasteiger partial charge in [0.05, 0.1) is 16.7 Å². The van der Waals surface area contributed by atoms with Crippen molar-refractivity contribution >= 4 is 22.5 Å². The molecule has 0 aromatic heterocycles. The van der Waals surface area contributed by atoms with Gasteiger partial charge in [0.2, 0.25) is 5.91 Å². The van der Waals surface area contributed by atoms with E-state index in [-0.39, 0.29) is 11.7 Å². The molecule has 0 bridgehead atoms. The van der Waals surface area contributed by atoms with Crippen molar-refractivity contribution in [3.63, 3.8) is 0 Å². The Morgan fingerprint density at radius 1 is 1.23 bits per heavy atom. The van der Waals surface area contributed by atoms with Gasteiger partial charge in [-0.3, -0.25) is 4.79 Å². The molecule has 2 aliphatic rings. The van der Waals surface area contributed by atoms with Gasteiger partial charge >= 0.3 is 0 Å². The number of carbonyl (C=O) groups excluding carboxylic acids is 1. The predicted octanol–water partition coefficient (Wildman–Crippen LogP) is 4.00. The lowest BCUT2D eigenvalue weighted by atomic mass is 9.97. The van der Waals surface area contributed by atoms with E-state index in [1.54, 1.807) is 0 Å². The van der Waals surface area contributed by atoms with E-state index in [9.17, 15) is 4.79 Å². The van der Waals surface area contributed by atoms with Crippen molar-refractivity contribution in [1.29, 1.82) is 0 Å². The molecule has 1 heterocycles. The summed E-state index contributed by atoms with van der Waals surface area (Å²) in [7, 11) is 0. The largest absolute Gasteiger partial charge is 0.371 e. The van der Waals surface area contributed by atoms with E-state index in [2.05, 4.69) is 0 Å². The SMILES string of the molecule is NC(=O)/C(CC1CCC2(CCCC2)O1)=C(/Cl)c1ccccc1. The van der Waals surface area contributed by atoms with Crippen LogP contribution in [0, 0.1) is 0 Å². The lowest BCUT2D eigenvalue weighted by molar-refractivity contribution is -0.115. The Morgan fingerprint density at radius 2 is 1.91 bits per heavy atom. The molecule has 1 atom stereocenters. The van der Waals surface area contributed by atoms with Crippen molar-refractivity contribution in [3.8, 4) is 0 Å². The van der Waals surface area contributed by atoms with E-state index in [0.29, 0.717) is 17.0 Å². The molecule has 1 amide bonds. The number of hydrogen-bond acceptors (Lipinski definition) is 2. The predicted molar refractivity (Wildman–Crippen MR) is 88.3 cm³/mol. The maximum absolute atomic E-state index is 11.8. The zero-order chi connectivity index (χ0) is 15.6. The van der Waals surface area contributed by atoms with Gasteiger partial charge < -0.3 is 10.5 Å². The topological polar surface area (TPSA) is 52.3 Å². The van der Waals surface area contributed by atoms with Gasteiger partial charge in [-0.1, -0.05) is 54.8 Å². The maximum Gasteiger partial charge on any atom is 0.246 e. The van der Waals surface area contributed by atoms with E-state index in [1.807, 2.05) is 30.3 Å². The van der Waals surface area contributed by atoms with Gasteiger partial charge in [0.1, 0.15) is 0 Å². The average molecular weight is 320 g/mol. The number of carbonyl (C=O) groups is 1. The van der Waals surface area contributed by atoms with Crippen molar-refractivity contribution in [2.45, 2.75) is 56.7 Å². The zero-order valence-electron chi connectivity index (χ0n) is 12.7. The second-order valence-electron chi connectivity index (χ2n) is 6.40. The van der Waals surface area contributed by atoms with Gasteiger partial charge in [-0.15, -0.1) is 0 Å². The van der Waals surface area contributed by atoms with E-state index >= 15 is 0 Å². The summed E-state index contributed by atoms with van der Waals surface area (Å²) >= 11 is 6.42. The van der Waals surface area contributed by atoms with Gasteiger partial charge in [-0.05, 0) is 31.2 Å². The lowest BCUT2D eigenvalue weighted by Crippen LogP contribution is -2.26. The average Bonchev–Trinajstić information content (AvgIpc) is 3.15. The Morgan fingerprint density at radius 3 is 2.55 bits per heavy atom. The van der Waals surface area contributed by atoms with Crippen LogP contribution >= 0.6 is 11.6 Å². The molecule has 2 N–H and O–H groups in total. The normalized spacial score (nSPS) is 24.5. The standard InChI is InChI=1S/C18H22ClNO2/c19-16(13-6-2-1-3-7-13)15(17(20)21)12-14-8-11-18(22-14)9-4-5-10-18/h1-3,6-7,14H,4-5,8-12H2,(H2,20,21)/b16-15+. The zero-order valence-corrected chi connectivity index (χ0v) is 13.4. The number of rotatable bonds is 4. The second-order valence-corrected chi connectivity index (χ2v) is 6.77. The number of amides is 1. The van der Waals surface area contributed by atoms with Crippen LogP contribution in [0.2, 0.25) is 0 Å². The van der Waals surface area contributed by atoms with Crippen LogP contribution in [0.15, 0.2) is 35.9 Å². The fourth-order valence-corrected chi connectivity index (χ4v) is 4.01. The summed E-state index contributed by atoms with van der Waals surface area (Å²) in [5.41, 5.74) is 6.93. The molecule has 0 radical (unpaired) electrons. The van der Waals surface area contributed by atoms with Crippen LogP contribution in [0.5, 0.6) is 0 Å². The van der Waals surface area contributed by atoms with Crippen LogP contribution in [-0.2, 0) is 9.53 Å². The molecule has 1 aliphatic heterocycles. The van der Waals surface area contributed by atoms with Crippen LogP contribution in [0.1, 0.15) is 50.5 Å². The number of nitrogens with two attached hydrogens (primary N) is 1. The van der Waals surface area contributed by atoms with Gasteiger partial charge in [0.15, 0.2) is 0 Å². The van der Waals surface area contributed by atoms with E-state index in [4.69, 9.17) is 22.1 Å². The molecule has 1 aromatic carbocycles. The summed E-state index contributed by atoms with van der Waals surface area (Å²) in [6.07, 6.45) is 7.41. The molecule has 1 saturated carbocycles. The monoisotopic (exact) mass is 319 g/mol. The summed E-state index contributed by atoms with van der Waals surface area (Å²) in [5.74, 6) is -0.454. The van der Waals surface area contributed by atoms with E-state index in [1.165, 1.54) is 12.8 Å². The first-order valence-electron chi connectivity index (χ1n) is 8.01. The molecule has 1 aromatic rings. The fraction of sp³-hybridized carbons (Fsp3) is 0.500. The number of benzene rings is 1. The van der Waals surface area contributed by atoms with Crippen LogP contribution in [0.3, 0.4) is 0 Å². The lowest BCUT2D eigenvalue weighted by Gasteiger charge is -2.24. The minimum absolute atomic E-state index is 0.0538. The van der Waals surface area contributed by atoms with Crippen LogP contribution in [0.4, 0.5) is 0 Å². The summed E-state index contributed by atoms with van der Waals surface area (Å²) in [4.78, 5) is 11.8. The molecule has 1 aliphatic carbocycles. The molecule has 1 spiro atoms. The van der Waals surface area contributed by atoms with Crippen molar-refractivity contribution < 1.29 is 9.53 Å². The third kappa shape index (κ3) is 3.21. The minimum atomic E-state index is -0.454. The molecule has 22 heavy (non-hydrogen) atoms. The number of ether oxygens (including phenoxy) is 1. The number of primary amides is 1. The Kier molecular flexibility index (Phi) is 4.55. The molecule has 3 nitrogen and oxygen atoms in total. The third-order valence-electron chi connectivity index (χ3n) is 4.87. The molecule has 3 rings (SSSR count). The smallest absolute Gasteiger partial charge is 0.246 e. The second kappa shape index (κ2) is 6.43. The van der Waals surface area contributed by atoms with Crippen molar-refractivity contribution in [2.24, 2.45) is 5.73 Å². The van der Waals surface area contributed by atoms with Crippen molar-refractivity contribution in [2.75, 3.05) is 0 Å². The van der Waals surface area contributed by atoms with Crippen LogP contribution < -0.4 is 5.73 Å². The highest BCUT2D eigenvalue weighted by atomic mass is 35.5. The first-order valence-corrected chi connectivity index (χ1v) is 8.39. The van der Waals surface area contributed by atoms with Crippen molar-refractivity contribution in [3.05, 3.63) is 41.5 Å². The van der Waals surface area contributed by atoms with E-state index in [0.717, 1.165) is 31.2 Å². The summed E-state index contributed by atoms with van der Waals surface area (Å²) in [6, 6.07) is 9.49. The van der Waals surface area contributed by atoms with Crippen molar-refractivity contribution in [1.82, 2.24) is 0 Å². The summed E-state index contributed by atoms with van der Waals surface area (Å²) < 4.78 is 6.28. The highest BCUT2D eigenvalue weighted by molar-refractivity contribution is 6.51. The maximum atomic E-state index is 11.8. The summed E-state index contributed by atoms with van der Waals surface area (Å²) in [6.45, 7) is 0.